The fraction of sp³-hybridized carbons (Fsp3) is 1.00. The smallest absolute Gasteiger partial charge is 0.00852 e. The Morgan fingerprint density at radius 3 is 2.40 bits per heavy atom. The lowest BCUT2D eigenvalue weighted by atomic mass is 10.0. The van der Waals surface area contributed by atoms with E-state index >= 15 is 0 Å². The third-order valence-corrected chi connectivity index (χ3v) is 4.21. The quantitative estimate of drug-likeness (QED) is 0.745. The summed E-state index contributed by atoms with van der Waals surface area (Å²) in [4.78, 5) is 0. The van der Waals surface area contributed by atoms with E-state index in [0.717, 1.165) is 18.0 Å². The zero-order valence-electron chi connectivity index (χ0n) is 10.6. The molecule has 1 atom stereocenters. The standard InChI is InChI=1S/C13H27NS/c1-11(2)5-4-6-12(3)14-13-7-9-15-10-8-13/h11-14H,4-10H2,1-3H3/t12-/m0/s1. The molecule has 0 aromatic carbocycles. The maximum absolute atomic E-state index is 3.78. The molecule has 0 bridgehead atoms. The Morgan fingerprint density at radius 2 is 1.80 bits per heavy atom. The molecule has 1 heterocycles. The van der Waals surface area contributed by atoms with E-state index < -0.39 is 0 Å². The molecular formula is C13H27NS. The summed E-state index contributed by atoms with van der Waals surface area (Å²) in [5.41, 5.74) is 0. The van der Waals surface area contributed by atoms with E-state index in [2.05, 4.69) is 37.8 Å². The topological polar surface area (TPSA) is 12.0 Å². The fourth-order valence-corrected chi connectivity index (χ4v) is 3.29. The van der Waals surface area contributed by atoms with Crippen molar-refractivity contribution in [3.05, 3.63) is 0 Å². The molecule has 2 heteroatoms. The van der Waals surface area contributed by atoms with Crippen LogP contribution in [0.25, 0.3) is 0 Å². The lowest BCUT2D eigenvalue weighted by Gasteiger charge is -2.26. The summed E-state index contributed by atoms with van der Waals surface area (Å²) >= 11 is 2.11. The highest BCUT2D eigenvalue weighted by molar-refractivity contribution is 7.99. The van der Waals surface area contributed by atoms with Crippen LogP contribution in [-0.2, 0) is 0 Å². The van der Waals surface area contributed by atoms with Crippen LogP contribution in [0.5, 0.6) is 0 Å². The molecule has 0 radical (unpaired) electrons. The number of thioether (sulfide) groups is 1. The van der Waals surface area contributed by atoms with Crippen LogP contribution in [0, 0.1) is 5.92 Å². The van der Waals surface area contributed by atoms with Gasteiger partial charge in [0.25, 0.3) is 0 Å². The monoisotopic (exact) mass is 229 g/mol. The number of hydrogen-bond donors (Lipinski definition) is 1. The van der Waals surface area contributed by atoms with Crippen molar-refractivity contribution in [2.45, 2.75) is 65.0 Å². The van der Waals surface area contributed by atoms with Crippen LogP contribution >= 0.6 is 11.8 Å². The second-order valence-corrected chi connectivity index (χ2v) is 6.50. The molecule has 0 aromatic rings. The average molecular weight is 229 g/mol. The summed E-state index contributed by atoms with van der Waals surface area (Å²) in [5, 5.41) is 3.78. The van der Waals surface area contributed by atoms with Crippen molar-refractivity contribution in [1.82, 2.24) is 5.32 Å². The molecule has 0 aromatic heterocycles. The summed E-state index contributed by atoms with van der Waals surface area (Å²) in [5.74, 6) is 3.58. The van der Waals surface area contributed by atoms with Gasteiger partial charge in [-0.05, 0) is 43.6 Å². The van der Waals surface area contributed by atoms with E-state index in [9.17, 15) is 0 Å². The number of rotatable bonds is 6. The van der Waals surface area contributed by atoms with Gasteiger partial charge in [-0.25, -0.2) is 0 Å². The molecule has 1 nitrogen and oxygen atoms in total. The molecule has 0 amide bonds. The first-order chi connectivity index (χ1) is 7.18. The molecule has 0 saturated carbocycles. The molecule has 1 saturated heterocycles. The van der Waals surface area contributed by atoms with Gasteiger partial charge in [-0.15, -0.1) is 0 Å². The molecule has 1 N–H and O–H groups in total. The lowest BCUT2D eigenvalue weighted by Crippen LogP contribution is -2.38. The lowest BCUT2D eigenvalue weighted by molar-refractivity contribution is 0.390. The second kappa shape index (κ2) is 7.56. The Bertz CT molecular complexity index is 153. The van der Waals surface area contributed by atoms with Gasteiger partial charge in [-0.2, -0.15) is 11.8 Å². The van der Waals surface area contributed by atoms with Gasteiger partial charge in [0.1, 0.15) is 0 Å². The highest BCUT2D eigenvalue weighted by Gasteiger charge is 2.15. The van der Waals surface area contributed by atoms with Gasteiger partial charge in [-0.3, -0.25) is 0 Å². The summed E-state index contributed by atoms with van der Waals surface area (Å²) in [7, 11) is 0. The normalized spacial score (nSPS) is 20.8. The van der Waals surface area contributed by atoms with Gasteiger partial charge in [0.05, 0.1) is 0 Å². The van der Waals surface area contributed by atoms with Crippen molar-refractivity contribution < 1.29 is 0 Å². The Morgan fingerprint density at radius 1 is 1.13 bits per heavy atom. The Hall–Kier alpha value is 0.310. The van der Waals surface area contributed by atoms with Gasteiger partial charge >= 0.3 is 0 Å². The summed E-state index contributed by atoms with van der Waals surface area (Å²) in [6.45, 7) is 6.98. The van der Waals surface area contributed by atoms with Gasteiger partial charge < -0.3 is 5.32 Å². The molecular weight excluding hydrogens is 202 g/mol. The molecule has 1 aliphatic heterocycles. The highest BCUT2D eigenvalue weighted by atomic mass is 32.2. The molecule has 0 unspecified atom stereocenters. The minimum Gasteiger partial charge on any atom is -0.311 e. The van der Waals surface area contributed by atoms with Gasteiger partial charge in [0.2, 0.25) is 0 Å². The van der Waals surface area contributed by atoms with Crippen molar-refractivity contribution in [3.63, 3.8) is 0 Å². The zero-order chi connectivity index (χ0) is 11.1. The predicted molar refractivity (Wildman–Crippen MR) is 71.6 cm³/mol. The summed E-state index contributed by atoms with van der Waals surface area (Å²) < 4.78 is 0. The third-order valence-electron chi connectivity index (χ3n) is 3.16. The van der Waals surface area contributed by atoms with Crippen molar-refractivity contribution >= 4 is 11.8 Å². The van der Waals surface area contributed by atoms with E-state index in [1.807, 2.05) is 0 Å². The fourth-order valence-electron chi connectivity index (χ4n) is 2.18. The maximum atomic E-state index is 3.78. The zero-order valence-corrected chi connectivity index (χ0v) is 11.4. The van der Waals surface area contributed by atoms with Gasteiger partial charge in [-0.1, -0.05) is 26.7 Å². The van der Waals surface area contributed by atoms with Crippen molar-refractivity contribution in [3.8, 4) is 0 Å². The number of hydrogen-bond acceptors (Lipinski definition) is 2. The van der Waals surface area contributed by atoms with Gasteiger partial charge in [0, 0.05) is 12.1 Å². The van der Waals surface area contributed by atoms with Gasteiger partial charge in [0.15, 0.2) is 0 Å². The third kappa shape index (κ3) is 6.47. The van der Waals surface area contributed by atoms with Crippen molar-refractivity contribution in [2.24, 2.45) is 5.92 Å². The molecule has 0 aliphatic carbocycles. The van der Waals surface area contributed by atoms with E-state index in [0.29, 0.717) is 0 Å². The van der Waals surface area contributed by atoms with E-state index in [-0.39, 0.29) is 0 Å². The molecule has 1 aliphatic rings. The van der Waals surface area contributed by atoms with Crippen molar-refractivity contribution in [1.29, 1.82) is 0 Å². The van der Waals surface area contributed by atoms with E-state index in [1.165, 1.54) is 43.6 Å². The first kappa shape index (κ1) is 13.4. The van der Waals surface area contributed by atoms with E-state index in [4.69, 9.17) is 0 Å². The molecule has 0 spiro atoms. The van der Waals surface area contributed by atoms with Crippen LogP contribution in [0.3, 0.4) is 0 Å². The SMILES string of the molecule is CC(C)CCC[C@H](C)NC1CCSCC1. The number of nitrogens with one attached hydrogen (secondary N) is 1. The highest BCUT2D eigenvalue weighted by Crippen LogP contribution is 2.18. The maximum Gasteiger partial charge on any atom is 0.00852 e. The Balaban J connectivity index is 2.03. The van der Waals surface area contributed by atoms with E-state index in [1.54, 1.807) is 0 Å². The first-order valence-corrected chi connectivity index (χ1v) is 7.67. The van der Waals surface area contributed by atoms with Crippen LogP contribution in [0.4, 0.5) is 0 Å². The van der Waals surface area contributed by atoms with Crippen LogP contribution in [0.1, 0.15) is 52.9 Å². The Labute approximate surface area is 99.8 Å². The summed E-state index contributed by atoms with van der Waals surface area (Å²) in [6.07, 6.45) is 6.86. The molecule has 90 valence electrons. The largest absolute Gasteiger partial charge is 0.311 e. The van der Waals surface area contributed by atoms with Crippen LogP contribution in [0.15, 0.2) is 0 Å². The predicted octanol–water partition coefficient (Wildman–Crippen LogP) is 3.69. The van der Waals surface area contributed by atoms with Crippen LogP contribution < -0.4 is 5.32 Å². The Kier molecular flexibility index (Phi) is 6.74. The molecule has 15 heavy (non-hydrogen) atoms. The average Bonchev–Trinajstić information content (AvgIpc) is 2.18. The van der Waals surface area contributed by atoms with Crippen molar-refractivity contribution in [2.75, 3.05) is 11.5 Å². The van der Waals surface area contributed by atoms with Crippen LogP contribution in [-0.4, -0.2) is 23.6 Å². The molecule has 1 rings (SSSR count). The minimum absolute atomic E-state index is 0.719. The van der Waals surface area contributed by atoms with Crippen LogP contribution in [0.2, 0.25) is 0 Å². The molecule has 1 fully saturated rings. The minimum atomic E-state index is 0.719. The first-order valence-electron chi connectivity index (χ1n) is 6.52. The summed E-state index contributed by atoms with van der Waals surface area (Å²) in [6, 6.07) is 1.53. The second-order valence-electron chi connectivity index (χ2n) is 5.28.